The van der Waals surface area contributed by atoms with E-state index in [0.29, 0.717) is 42.8 Å². The number of hydrogen-bond donors (Lipinski definition) is 4. The number of aromatic nitrogens is 4. The van der Waals surface area contributed by atoms with Crippen LogP contribution < -0.4 is 16.0 Å². The predicted molar refractivity (Wildman–Crippen MR) is 149 cm³/mol. The maximum absolute atomic E-state index is 13.0. The van der Waals surface area contributed by atoms with Crippen molar-refractivity contribution >= 4 is 17.7 Å². The quantitative estimate of drug-likeness (QED) is 0.320. The van der Waals surface area contributed by atoms with E-state index in [0.717, 1.165) is 28.7 Å². The third-order valence-corrected chi connectivity index (χ3v) is 8.15. The molecular weight excluding hydrogens is 522 g/mol. The van der Waals surface area contributed by atoms with Crippen LogP contribution in [0.25, 0.3) is 0 Å². The van der Waals surface area contributed by atoms with Crippen molar-refractivity contribution in [3.05, 3.63) is 75.6 Å². The SMILES string of the molecule is CNC(=O)c1ccc2c(c1)Cc1cc(C(=O)NC)ccc1C2(C[C@H](C)NCC(=O)N1CCCC1C#N)c1nn[nH]n1. The molecule has 2 atom stereocenters. The summed E-state index contributed by atoms with van der Waals surface area (Å²) in [5, 5.41) is 33.5. The number of H-pyrrole nitrogens is 1. The van der Waals surface area contributed by atoms with Crippen LogP contribution >= 0.6 is 0 Å². The summed E-state index contributed by atoms with van der Waals surface area (Å²) in [5.41, 5.74) is 3.83. The van der Waals surface area contributed by atoms with Crippen molar-refractivity contribution in [2.75, 3.05) is 27.2 Å². The number of carbonyl (C=O) groups is 3. The van der Waals surface area contributed by atoms with E-state index >= 15 is 0 Å². The summed E-state index contributed by atoms with van der Waals surface area (Å²) in [5.74, 6) is -0.0587. The molecule has 3 amide bonds. The van der Waals surface area contributed by atoms with Crippen LogP contribution in [0.15, 0.2) is 36.4 Å². The molecule has 0 saturated carbocycles. The average molecular weight is 556 g/mol. The molecule has 0 bridgehead atoms. The Morgan fingerprint density at radius 2 is 1.73 bits per heavy atom. The number of amides is 3. The lowest BCUT2D eigenvalue weighted by molar-refractivity contribution is -0.130. The van der Waals surface area contributed by atoms with Crippen molar-refractivity contribution in [3.8, 4) is 6.07 Å². The fourth-order valence-corrected chi connectivity index (χ4v) is 6.22. The van der Waals surface area contributed by atoms with E-state index in [2.05, 4.69) is 42.6 Å². The standard InChI is InChI=1S/C29H33N9O3/c1-17(33-16-25(39)38-10-4-5-22(38)15-30)14-29(28-34-36-37-35-28)23-8-6-18(26(40)31-2)11-20(23)13-21-12-19(27(41)32-3)7-9-24(21)29/h6-9,11-12,17,22,33H,4-5,10,13-14,16H2,1-3H3,(H,31,40)(H,32,41)(H,34,35,36,37)/t17-,22?/m0/s1. The van der Waals surface area contributed by atoms with E-state index in [1.54, 1.807) is 31.1 Å². The highest BCUT2D eigenvalue weighted by molar-refractivity contribution is 5.95. The zero-order valence-electron chi connectivity index (χ0n) is 23.3. The first kappa shape index (κ1) is 27.9. The van der Waals surface area contributed by atoms with Gasteiger partial charge >= 0.3 is 0 Å². The second-order valence-electron chi connectivity index (χ2n) is 10.6. The van der Waals surface area contributed by atoms with Crippen molar-refractivity contribution < 1.29 is 14.4 Å². The first-order valence-electron chi connectivity index (χ1n) is 13.7. The molecule has 12 heteroatoms. The molecule has 0 spiro atoms. The van der Waals surface area contributed by atoms with Crippen LogP contribution in [0.5, 0.6) is 0 Å². The molecule has 1 aliphatic carbocycles. The number of tetrazole rings is 1. The Morgan fingerprint density at radius 3 is 2.27 bits per heavy atom. The third-order valence-electron chi connectivity index (χ3n) is 8.15. The molecule has 5 rings (SSSR count). The van der Waals surface area contributed by atoms with E-state index in [9.17, 15) is 19.6 Å². The van der Waals surface area contributed by atoms with Crippen LogP contribution in [0.2, 0.25) is 0 Å². The molecule has 1 aromatic heterocycles. The van der Waals surface area contributed by atoms with Gasteiger partial charge in [-0.05, 0) is 79.1 Å². The molecule has 3 aromatic rings. The second-order valence-corrected chi connectivity index (χ2v) is 10.6. The minimum atomic E-state index is -0.892. The Hall–Kier alpha value is -4.63. The summed E-state index contributed by atoms with van der Waals surface area (Å²) in [6.45, 7) is 2.67. The first-order valence-corrected chi connectivity index (χ1v) is 13.7. The summed E-state index contributed by atoms with van der Waals surface area (Å²) in [6.07, 6.45) is 2.48. The number of rotatable bonds is 8. The van der Waals surface area contributed by atoms with Crippen molar-refractivity contribution in [2.45, 2.75) is 50.1 Å². The number of carbonyl (C=O) groups excluding carboxylic acids is 3. The van der Waals surface area contributed by atoms with Crippen LogP contribution in [-0.4, -0.2) is 82.5 Å². The average Bonchev–Trinajstić information content (AvgIpc) is 3.71. The van der Waals surface area contributed by atoms with Gasteiger partial charge in [0.1, 0.15) is 6.04 Å². The van der Waals surface area contributed by atoms with Crippen molar-refractivity contribution in [1.29, 1.82) is 5.26 Å². The summed E-state index contributed by atoms with van der Waals surface area (Å²) in [4.78, 5) is 39.7. The fourth-order valence-electron chi connectivity index (χ4n) is 6.22. The maximum atomic E-state index is 13.0. The van der Waals surface area contributed by atoms with Gasteiger partial charge in [0.2, 0.25) is 5.91 Å². The van der Waals surface area contributed by atoms with Gasteiger partial charge in [0.05, 0.1) is 18.0 Å². The highest BCUT2D eigenvalue weighted by Crippen LogP contribution is 2.48. The van der Waals surface area contributed by atoms with Gasteiger partial charge in [-0.3, -0.25) is 14.4 Å². The molecule has 12 nitrogen and oxygen atoms in total. The Balaban J connectivity index is 1.57. The second kappa shape index (κ2) is 11.5. The van der Waals surface area contributed by atoms with Crippen LogP contribution in [0.1, 0.15) is 75.0 Å². The molecule has 0 radical (unpaired) electrons. The lowest BCUT2D eigenvalue weighted by atomic mass is 9.62. The predicted octanol–water partition coefficient (Wildman–Crippen LogP) is 1.04. The Bertz CT molecular complexity index is 1450. The number of aromatic amines is 1. The van der Waals surface area contributed by atoms with Crippen molar-refractivity contribution in [2.24, 2.45) is 0 Å². The van der Waals surface area contributed by atoms with Crippen molar-refractivity contribution in [1.82, 2.24) is 41.5 Å². The van der Waals surface area contributed by atoms with Gasteiger partial charge in [0.25, 0.3) is 11.8 Å². The topological polar surface area (TPSA) is 169 Å². The van der Waals surface area contributed by atoms with Gasteiger partial charge in [-0.2, -0.15) is 10.5 Å². The van der Waals surface area contributed by atoms with Gasteiger partial charge < -0.3 is 20.9 Å². The van der Waals surface area contributed by atoms with Gasteiger partial charge in [-0.1, -0.05) is 17.3 Å². The number of nitriles is 1. The number of benzene rings is 2. The monoisotopic (exact) mass is 555 g/mol. The maximum Gasteiger partial charge on any atom is 0.251 e. The van der Waals surface area contributed by atoms with Gasteiger partial charge in [0.15, 0.2) is 5.82 Å². The van der Waals surface area contributed by atoms with E-state index in [-0.39, 0.29) is 36.3 Å². The largest absolute Gasteiger partial charge is 0.355 e. The van der Waals surface area contributed by atoms with E-state index in [4.69, 9.17) is 0 Å². The molecule has 1 fully saturated rings. The number of fused-ring (bicyclic) bond motifs is 2. The van der Waals surface area contributed by atoms with Gasteiger partial charge in [-0.25, -0.2) is 0 Å². The molecule has 2 aliphatic rings. The Morgan fingerprint density at radius 1 is 1.10 bits per heavy atom. The summed E-state index contributed by atoms with van der Waals surface area (Å²) >= 11 is 0. The molecule has 2 heterocycles. The molecule has 1 unspecified atom stereocenters. The molecule has 212 valence electrons. The molecule has 2 aromatic carbocycles. The highest BCUT2D eigenvalue weighted by atomic mass is 16.2. The lowest BCUT2D eigenvalue weighted by Crippen LogP contribution is -2.46. The zero-order chi connectivity index (χ0) is 29.1. The third kappa shape index (κ3) is 5.04. The molecule has 41 heavy (non-hydrogen) atoms. The lowest BCUT2D eigenvalue weighted by Gasteiger charge is -2.41. The van der Waals surface area contributed by atoms with Crippen molar-refractivity contribution in [3.63, 3.8) is 0 Å². The Labute approximate surface area is 237 Å². The van der Waals surface area contributed by atoms with E-state index in [1.807, 2.05) is 31.2 Å². The van der Waals surface area contributed by atoms with Crippen LogP contribution in [-0.2, 0) is 16.6 Å². The van der Waals surface area contributed by atoms with Crippen LogP contribution in [0, 0.1) is 11.3 Å². The normalized spacial score (nSPS) is 17.6. The van der Waals surface area contributed by atoms with E-state index < -0.39 is 5.41 Å². The minimum Gasteiger partial charge on any atom is -0.355 e. The molecular formula is C29H33N9O3. The Kier molecular flexibility index (Phi) is 7.81. The van der Waals surface area contributed by atoms with Crippen LogP contribution in [0.4, 0.5) is 0 Å². The molecule has 1 aliphatic heterocycles. The number of hydrogen-bond acceptors (Lipinski definition) is 8. The summed E-state index contributed by atoms with van der Waals surface area (Å²) < 4.78 is 0. The first-order chi connectivity index (χ1) is 19.8. The number of nitrogens with one attached hydrogen (secondary N) is 4. The summed E-state index contributed by atoms with van der Waals surface area (Å²) in [6, 6.07) is 12.8. The number of nitrogens with zero attached hydrogens (tertiary/aromatic N) is 5. The van der Waals surface area contributed by atoms with Gasteiger partial charge in [-0.15, -0.1) is 10.2 Å². The highest BCUT2D eigenvalue weighted by Gasteiger charge is 2.47. The number of likely N-dealkylation sites (tertiary alicyclic amines) is 1. The fraction of sp³-hybridized carbons (Fsp3) is 0.414. The van der Waals surface area contributed by atoms with E-state index in [1.165, 1.54) is 0 Å². The zero-order valence-corrected chi connectivity index (χ0v) is 23.3. The summed E-state index contributed by atoms with van der Waals surface area (Å²) in [7, 11) is 3.18. The molecule has 1 saturated heterocycles. The van der Waals surface area contributed by atoms with Crippen LogP contribution in [0.3, 0.4) is 0 Å². The van der Waals surface area contributed by atoms with Gasteiger partial charge in [0, 0.05) is 37.8 Å². The molecule has 4 N–H and O–H groups in total. The minimum absolute atomic E-state index is 0.0899. The smallest absolute Gasteiger partial charge is 0.251 e.